The van der Waals surface area contributed by atoms with Gasteiger partial charge in [0.25, 0.3) is 5.91 Å². The maximum Gasteiger partial charge on any atom is 0.278 e. The molecular weight excluding hydrogens is 502 g/mol. The molecule has 1 fully saturated rings. The number of rotatable bonds is 7. The van der Waals surface area contributed by atoms with E-state index >= 15 is 0 Å². The van der Waals surface area contributed by atoms with Crippen LogP contribution in [0.1, 0.15) is 34.5 Å². The predicted octanol–water partition coefficient (Wildman–Crippen LogP) is 6.84. The molecule has 0 aliphatic heterocycles. The first-order chi connectivity index (χ1) is 18.0. The lowest BCUT2D eigenvalue weighted by Gasteiger charge is -2.15. The van der Waals surface area contributed by atoms with Gasteiger partial charge in [0.15, 0.2) is 0 Å². The van der Waals surface area contributed by atoms with Crippen LogP contribution in [0.2, 0.25) is 5.02 Å². The highest BCUT2D eigenvalue weighted by molar-refractivity contribution is 7.98. The number of aryl methyl sites for hydroxylation is 1. The first kappa shape index (κ1) is 23.8. The Morgan fingerprint density at radius 1 is 1.11 bits per heavy atom. The van der Waals surface area contributed by atoms with E-state index in [0.29, 0.717) is 22.5 Å². The van der Waals surface area contributed by atoms with E-state index in [1.54, 1.807) is 6.20 Å². The minimum absolute atomic E-state index is 0.128. The zero-order chi connectivity index (χ0) is 25.5. The SMILES string of the molecule is CNc1ncccc1-c1c(C(=O)NSC2CC2)n(Cc2cnc3ccccc3c2Cl)c2ccc(C)cc12. The fourth-order valence-corrected chi connectivity index (χ4v) is 5.76. The zero-order valence-corrected chi connectivity index (χ0v) is 22.2. The van der Waals surface area contributed by atoms with Gasteiger partial charge in [0.1, 0.15) is 11.5 Å². The number of hydrogen-bond donors (Lipinski definition) is 2. The van der Waals surface area contributed by atoms with E-state index in [-0.39, 0.29) is 5.91 Å². The molecule has 1 aliphatic carbocycles. The number of carbonyl (C=O) groups is 1. The smallest absolute Gasteiger partial charge is 0.278 e. The third kappa shape index (κ3) is 4.43. The zero-order valence-electron chi connectivity index (χ0n) is 20.6. The minimum atomic E-state index is -0.128. The van der Waals surface area contributed by atoms with Crippen LogP contribution in [0.5, 0.6) is 0 Å². The third-order valence-electron chi connectivity index (χ3n) is 6.70. The Morgan fingerprint density at radius 3 is 2.76 bits per heavy atom. The molecule has 0 spiro atoms. The van der Waals surface area contributed by atoms with Gasteiger partial charge in [-0.15, -0.1) is 0 Å². The Labute approximate surface area is 224 Å². The van der Waals surface area contributed by atoms with E-state index in [1.165, 1.54) is 11.9 Å². The second-order valence-electron chi connectivity index (χ2n) is 9.34. The van der Waals surface area contributed by atoms with Crippen molar-refractivity contribution in [2.75, 3.05) is 12.4 Å². The van der Waals surface area contributed by atoms with Crippen molar-refractivity contribution in [1.29, 1.82) is 0 Å². The maximum atomic E-state index is 13.9. The van der Waals surface area contributed by atoms with Crippen LogP contribution < -0.4 is 10.0 Å². The minimum Gasteiger partial charge on any atom is -0.373 e. The molecule has 1 saturated carbocycles. The van der Waals surface area contributed by atoms with Crippen LogP contribution in [0.25, 0.3) is 32.9 Å². The summed E-state index contributed by atoms with van der Waals surface area (Å²) in [5, 5.41) is 6.23. The van der Waals surface area contributed by atoms with E-state index in [9.17, 15) is 4.79 Å². The number of carbonyl (C=O) groups excluding carboxylic acids is 1. The molecule has 0 radical (unpaired) electrons. The Balaban J connectivity index is 1.60. The predicted molar refractivity (Wildman–Crippen MR) is 153 cm³/mol. The summed E-state index contributed by atoms with van der Waals surface area (Å²) in [5.41, 5.74) is 6.09. The second kappa shape index (κ2) is 9.72. The van der Waals surface area contributed by atoms with Crippen molar-refractivity contribution in [3.63, 3.8) is 0 Å². The van der Waals surface area contributed by atoms with Crippen molar-refractivity contribution in [2.45, 2.75) is 31.6 Å². The monoisotopic (exact) mass is 527 g/mol. The number of nitrogens with one attached hydrogen (secondary N) is 2. The quantitative estimate of drug-likeness (QED) is 0.227. The second-order valence-corrected chi connectivity index (χ2v) is 10.8. The molecule has 3 aromatic heterocycles. The molecule has 5 aromatic rings. The molecule has 2 aromatic carbocycles. The molecule has 2 N–H and O–H groups in total. The summed E-state index contributed by atoms with van der Waals surface area (Å²) in [6, 6.07) is 18.0. The first-order valence-electron chi connectivity index (χ1n) is 12.3. The van der Waals surface area contributed by atoms with Crippen LogP contribution in [0.4, 0.5) is 5.82 Å². The van der Waals surface area contributed by atoms with Crippen LogP contribution >= 0.6 is 23.5 Å². The lowest BCUT2D eigenvalue weighted by Crippen LogP contribution is -2.22. The van der Waals surface area contributed by atoms with Crippen molar-refractivity contribution in [1.82, 2.24) is 19.3 Å². The summed E-state index contributed by atoms with van der Waals surface area (Å²) in [6.07, 6.45) is 5.83. The lowest BCUT2D eigenvalue weighted by atomic mass is 10.0. The molecule has 0 bridgehead atoms. The maximum absolute atomic E-state index is 13.9. The topological polar surface area (TPSA) is 71.8 Å². The van der Waals surface area contributed by atoms with Crippen LogP contribution in [-0.4, -0.2) is 32.7 Å². The molecule has 0 saturated heterocycles. The van der Waals surface area contributed by atoms with E-state index in [0.717, 1.165) is 62.7 Å². The van der Waals surface area contributed by atoms with Gasteiger partial charge in [-0.25, -0.2) is 4.98 Å². The number of nitrogens with zero attached hydrogens (tertiary/aromatic N) is 3. The van der Waals surface area contributed by atoms with Gasteiger partial charge in [-0.1, -0.05) is 41.4 Å². The number of benzene rings is 2. The molecule has 6 rings (SSSR count). The van der Waals surface area contributed by atoms with E-state index in [2.05, 4.69) is 49.7 Å². The number of anilines is 1. The highest BCUT2D eigenvalue weighted by atomic mass is 35.5. The van der Waals surface area contributed by atoms with E-state index < -0.39 is 0 Å². The number of hydrogen-bond acceptors (Lipinski definition) is 5. The van der Waals surface area contributed by atoms with Gasteiger partial charge < -0.3 is 9.88 Å². The summed E-state index contributed by atoms with van der Waals surface area (Å²) in [5.74, 6) is 0.592. The molecule has 186 valence electrons. The molecule has 1 amide bonds. The van der Waals surface area contributed by atoms with Crippen molar-refractivity contribution in [3.8, 4) is 11.1 Å². The van der Waals surface area contributed by atoms with E-state index in [1.807, 2.05) is 49.6 Å². The number of fused-ring (bicyclic) bond motifs is 2. The normalized spacial score (nSPS) is 13.3. The highest BCUT2D eigenvalue weighted by Gasteiger charge is 2.29. The Kier molecular flexibility index (Phi) is 6.26. The standard InChI is InChI=1S/C29H26ClN5OS/c1-17-9-12-24-22(14-17)25(21-7-5-13-32-28(21)31-2)27(29(36)34-37-19-10-11-19)35(24)16-18-15-33-23-8-4-3-6-20(23)26(18)30/h3-9,12-15,19H,10-11,16H2,1-2H3,(H,31,32)(H,34,36). The van der Waals surface area contributed by atoms with Crippen LogP contribution in [0.15, 0.2) is 67.0 Å². The number of amides is 1. The Morgan fingerprint density at radius 2 is 1.95 bits per heavy atom. The van der Waals surface area contributed by atoms with Gasteiger partial charge in [0.05, 0.1) is 17.1 Å². The number of halogens is 1. The summed E-state index contributed by atoms with van der Waals surface area (Å²) in [4.78, 5) is 23.1. The van der Waals surface area contributed by atoms with Gasteiger partial charge in [-0.05, 0) is 62.0 Å². The van der Waals surface area contributed by atoms with Gasteiger partial charge in [-0.2, -0.15) is 0 Å². The Hall–Kier alpha value is -3.55. The van der Waals surface area contributed by atoms with Crippen molar-refractivity contribution in [2.24, 2.45) is 0 Å². The number of pyridine rings is 2. The first-order valence-corrected chi connectivity index (χ1v) is 13.5. The summed E-state index contributed by atoms with van der Waals surface area (Å²) < 4.78 is 5.19. The van der Waals surface area contributed by atoms with Crippen LogP contribution in [-0.2, 0) is 6.54 Å². The molecule has 6 nitrogen and oxygen atoms in total. The van der Waals surface area contributed by atoms with E-state index in [4.69, 9.17) is 11.6 Å². The molecule has 37 heavy (non-hydrogen) atoms. The number of para-hydroxylation sites is 1. The number of aromatic nitrogens is 3. The van der Waals surface area contributed by atoms with Crippen molar-refractivity contribution in [3.05, 3.63) is 88.8 Å². The highest BCUT2D eigenvalue weighted by Crippen LogP contribution is 2.40. The molecule has 1 aliphatic rings. The molecule has 8 heteroatoms. The summed E-state index contributed by atoms with van der Waals surface area (Å²) >= 11 is 8.41. The molecule has 0 atom stereocenters. The van der Waals surface area contributed by atoms with Crippen molar-refractivity contribution >= 4 is 57.1 Å². The Bertz CT molecular complexity index is 1660. The molecule has 0 unspecified atom stereocenters. The van der Waals surface area contributed by atoms with Crippen LogP contribution in [0.3, 0.4) is 0 Å². The summed E-state index contributed by atoms with van der Waals surface area (Å²) in [6.45, 7) is 2.47. The summed E-state index contributed by atoms with van der Waals surface area (Å²) in [7, 11) is 1.85. The average molecular weight is 528 g/mol. The molecular formula is C29H26ClN5OS. The average Bonchev–Trinajstić information content (AvgIpc) is 3.70. The van der Waals surface area contributed by atoms with Gasteiger partial charge >= 0.3 is 0 Å². The third-order valence-corrected chi connectivity index (χ3v) is 8.26. The molecule has 3 heterocycles. The van der Waals surface area contributed by atoms with Gasteiger partial charge in [0.2, 0.25) is 0 Å². The largest absolute Gasteiger partial charge is 0.373 e. The fourth-order valence-electron chi connectivity index (χ4n) is 4.75. The van der Waals surface area contributed by atoms with Gasteiger partial charge in [-0.3, -0.25) is 14.5 Å². The van der Waals surface area contributed by atoms with Crippen molar-refractivity contribution < 1.29 is 4.79 Å². The lowest BCUT2D eigenvalue weighted by molar-refractivity contribution is 0.0977. The van der Waals surface area contributed by atoms with Crippen LogP contribution in [0, 0.1) is 6.92 Å². The fraction of sp³-hybridized carbons (Fsp3) is 0.207. The van der Waals surface area contributed by atoms with Gasteiger partial charge in [0, 0.05) is 57.7 Å².